The molecule has 2 rings (SSSR count). The first kappa shape index (κ1) is 13.8. The highest BCUT2D eigenvalue weighted by molar-refractivity contribution is 5.92. The number of aromatic nitrogens is 1. The molecule has 0 aliphatic heterocycles. The van der Waals surface area contributed by atoms with E-state index in [1.54, 1.807) is 30.3 Å². The maximum atomic E-state index is 9.08. The van der Waals surface area contributed by atoms with Gasteiger partial charge in [0.1, 0.15) is 17.3 Å². The number of nitrogens with two attached hydrogens (primary N) is 1. The van der Waals surface area contributed by atoms with Crippen LogP contribution in [0.15, 0.2) is 36.5 Å². The maximum absolute atomic E-state index is 9.08. The second-order valence-corrected chi connectivity index (χ2v) is 4.04. The fourth-order valence-corrected chi connectivity index (χ4v) is 1.62. The van der Waals surface area contributed by atoms with Gasteiger partial charge in [-0.2, -0.15) is 0 Å². The Bertz CT molecular complexity index is 612. The van der Waals surface area contributed by atoms with Crippen LogP contribution in [0.4, 0.5) is 0 Å². The van der Waals surface area contributed by atoms with Crippen LogP contribution in [0.25, 0.3) is 0 Å². The third-order valence-electron chi connectivity index (χ3n) is 2.65. The summed E-state index contributed by atoms with van der Waals surface area (Å²) in [6.45, 7) is -0.0640. The number of nitrogens with zero attached hydrogens (tertiary/aromatic N) is 1. The number of ether oxygens (including phenoxy) is 2. The Labute approximate surface area is 116 Å². The molecule has 0 saturated carbocycles. The Hall–Kier alpha value is -2.60. The Morgan fingerprint density at radius 3 is 2.65 bits per heavy atom. The van der Waals surface area contributed by atoms with Crippen molar-refractivity contribution < 1.29 is 14.6 Å². The number of hydrogen-bond donors (Lipinski definition) is 3. The van der Waals surface area contributed by atoms with Crippen LogP contribution < -0.4 is 15.2 Å². The Kier molecular flexibility index (Phi) is 4.17. The van der Waals surface area contributed by atoms with Gasteiger partial charge in [0, 0.05) is 0 Å². The average molecular weight is 273 g/mol. The first-order valence-corrected chi connectivity index (χ1v) is 5.90. The van der Waals surface area contributed by atoms with Crippen molar-refractivity contribution in [3.8, 4) is 17.2 Å². The molecule has 20 heavy (non-hydrogen) atoms. The number of nitrogen functional groups attached to an aromatic ring is 1. The van der Waals surface area contributed by atoms with Crippen molar-refractivity contribution in [1.29, 1.82) is 5.41 Å². The fourth-order valence-electron chi connectivity index (χ4n) is 1.62. The molecule has 0 bridgehead atoms. The lowest BCUT2D eigenvalue weighted by Crippen LogP contribution is -2.12. The zero-order valence-electron chi connectivity index (χ0n) is 11.0. The molecule has 0 spiro atoms. The highest BCUT2D eigenvalue weighted by Crippen LogP contribution is 2.32. The number of pyridine rings is 1. The molecule has 0 saturated heterocycles. The van der Waals surface area contributed by atoms with Crippen LogP contribution in [0.1, 0.15) is 11.3 Å². The summed E-state index contributed by atoms with van der Waals surface area (Å²) in [5.41, 5.74) is 6.45. The van der Waals surface area contributed by atoms with Crippen molar-refractivity contribution in [2.45, 2.75) is 6.61 Å². The molecule has 0 aliphatic carbocycles. The Morgan fingerprint density at radius 2 is 2.10 bits per heavy atom. The number of hydrogen-bond acceptors (Lipinski definition) is 5. The molecule has 0 atom stereocenters. The largest absolute Gasteiger partial charge is 0.493 e. The normalized spacial score (nSPS) is 10.1. The Morgan fingerprint density at radius 1 is 1.30 bits per heavy atom. The molecular formula is C14H15N3O3. The lowest BCUT2D eigenvalue weighted by Gasteiger charge is -2.11. The summed E-state index contributed by atoms with van der Waals surface area (Å²) in [6, 6.07) is 8.43. The zero-order chi connectivity index (χ0) is 14.5. The van der Waals surface area contributed by atoms with Crippen molar-refractivity contribution >= 4 is 5.84 Å². The van der Waals surface area contributed by atoms with Gasteiger partial charge >= 0.3 is 0 Å². The quantitative estimate of drug-likeness (QED) is 0.568. The summed E-state index contributed by atoms with van der Waals surface area (Å²) in [5, 5.41) is 16.3. The highest BCUT2D eigenvalue weighted by atomic mass is 16.5. The number of methoxy groups -OCH3 is 1. The van der Waals surface area contributed by atoms with E-state index in [0.717, 1.165) is 5.56 Å². The zero-order valence-corrected chi connectivity index (χ0v) is 11.0. The highest BCUT2D eigenvalue weighted by Gasteiger charge is 2.07. The van der Waals surface area contributed by atoms with Gasteiger partial charge in [-0.1, -0.05) is 6.07 Å². The van der Waals surface area contributed by atoms with Crippen molar-refractivity contribution in [1.82, 2.24) is 4.98 Å². The van der Waals surface area contributed by atoms with Crippen molar-refractivity contribution in [2.24, 2.45) is 5.73 Å². The lowest BCUT2D eigenvalue weighted by molar-refractivity contribution is 0.280. The molecular weight excluding hydrogens is 258 g/mol. The van der Waals surface area contributed by atoms with Crippen LogP contribution in [0.2, 0.25) is 0 Å². The minimum absolute atomic E-state index is 0.0640. The van der Waals surface area contributed by atoms with Crippen molar-refractivity contribution in [3.63, 3.8) is 0 Å². The first-order valence-electron chi connectivity index (χ1n) is 5.90. The number of benzene rings is 1. The maximum Gasteiger partial charge on any atom is 0.169 e. The summed E-state index contributed by atoms with van der Waals surface area (Å²) in [4.78, 5) is 4.01. The SMILES string of the molecule is COc1cc(CO)ccc1Oc1ccc(C(=N)N)nc1. The van der Waals surface area contributed by atoms with Crippen LogP contribution in [0.3, 0.4) is 0 Å². The summed E-state index contributed by atoms with van der Waals surface area (Å²) in [7, 11) is 1.53. The van der Waals surface area contributed by atoms with Gasteiger partial charge in [0.15, 0.2) is 11.5 Å². The topological polar surface area (TPSA) is 101 Å². The van der Waals surface area contributed by atoms with Crippen LogP contribution in [0.5, 0.6) is 17.2 Å². The van der Waals surface area contributed by atoms with Gasteiger partial charge in [0.05, 0.1) is 19.9 Å². The van der Waals surface area contributed by atoms with Crippen molar-refractivity contribution in [2.75, 3.05) is 7.11 Å². The molecule has 0 amide bonds. The average Bonchev–Trinajstić information content (AvgIpc) is 2.48. The summed E-state index contributed by atoms with van der Waals surface area (Å²) in [5.74, 6) is 1.45. The predicted molar refractivity (Wildman–Crippen MR) is 74.2 cm³/mol. The van der Waals surface area contributed by atoms with E-state index in [9.17, 15) is 0 Å². The van der Waals surface area contributed by atoms with Gasteiger partial charge in [-0.05, 0) is 29.8 Å². The van der Waals surface area contributed by atoms with E-state index < -0.39 is 0 Å². The number of amidine groups is 1. The van der Waals surface area contributed by atoms with Crippen molar-refractivity contribution in [3.05, 3.63) is 47.8 Å². The second-order valence-electron chi connectivity index (χ2n) is 4.04. The van der Waals surface area contributed by atoms with E-state index in [1.165, 1.54) is 13.3 Å². The van der Waals surface area contributed by atoms with Crippen LogP contribution in [0, 0.1) is 5.41 Å². The van der Waals surface area contributed by atoms with Crippen LogP contribution in [-0.4, -0.2) is 23.0 Å². The standard InChI is InChI=1S/C14H15N3O3/c1-19-13-6-9(8-18)2-5-12(13)20-10-3-4-11(14(15)16)17-7-10/h2-7,18H,8H2,1H3,(H3,15,16). The molecule has 6 nitrogen and oxygen atoms in total. The van der Waals surface area contributed by atoms with E-state index in [1.807, 2.05) is 0 Å². The number of aliphatic hydroxyl groups excluding tert-OH is 1. The summed E-state index contributed by atoms with van der Waals surface area (Å²) >= 11 is 0. The van der Waals surface area contributed by atoms with Gasteiger partial charge in [0.25, 0.3) is 0 Å². The fraction of sp³-hybridized carbons (Fsp3) is 0.143. The molecule has 1 aromatic heterocycles. The number of rotatable bonds is 5. The van der Waals surface area contributed by atoms with E-state index in [2.05, 4.69) is 4.98 Å². The molecule has 0 aliphatic rings. The Balaban J connectivity index is 2.23. The first-order chi connectivity index (χ1) is 9.63. The molecule has 0 unspecified atom stereocenters. The molecule has 1 aromatic carbocycles. The van der Waals surface area contributed by atoms with E-state index in [-0.39, 0.29) is 12.4 Å². The third kappa shape index (κ3) is 3.04. The molecule has 4 N–H and O–H groups in total. The molecule has 2 aromatic rings. The van der Waals surface area contributed by atoms with Gasteiger partial charge in [0.2, 0.25) is 0 Å². The third-order valence-corrected chi connectivity index (χ3v) is 2.65. The smallest absolute Gasteiger partial charge is 0.169 e. The van der Waals surface area contributed by atoms with Gasteiger partial charge in [-0.25, -0.2) is 4.98 Å². The van der Waals surface area contributed by atoms with Gasteiger partial charge < -0.3 is 20.3 Å². The van der Waals surface area contributed by atoms with E-state index in [0.29, 0.717) is 22.9 Å². The lowest BCUT2D eigenvalue weighted by atomic mass is 10.2. The van der Waals surface area contributed by atoms with E-state index >= 15 is 0 Å². The molecule has 1 heterocycles. The number of nitrogens with one attached hydrogen (secondary N) is 1. The molecule has 6 heteroatoms. The second kappa shape index (κ2) is 6.03. The minimum atomic E-state index is -0.0959. The monoisotopic (exact) mass is 273 g/mol. The number of aliphatic hydroxyl groups is 1. The van der Waals surface area contributed by atoms with E-state index in [4.69, 9.17) is 25.7 Å². The summed E-state index contributed by atoms with van der Waals surface area (Å²) < 4.78 is 10.9. The van der Waals surface area contributed by atoms with Gasteiger partial charge in [-0.3, -0.25) is 5.41 Å². The van der Waals surface area contributed by atoms with Gasteiger partial charge in [-0.15, -0.1) is 0 Å². The predicted octanol–water partition coefficient (Wildman–Crippen LogP) is 1.66. The molecule has 0 radical (unpaired) electrons. The minimum Gasteiger partial charge on any atom is -0.493 e. The molecule has 104 valence electrons. The van der Waals surface area contributed by atoms with Crippen LogP contribution >= 0.6 is 0 Å². The molecule has 0 fully saturated rings. The summed E-state index contributed by atoms with van der Waals surface area (Å²) in [6.07, 6.45) is 1.48. The van der Waals surface area contributed by atoms with Crippen LogP contribution in [-0.2, 0) is 6.61 Å².